The fourth-order valence-corrected chi connectivity index (χ4v) is 2.90. The molecule has 2 nitrogen and oxygen atoms in total. The Kier molecular flexibility index (Phi) is 3.08. The van der Waals surface area contributed by atoms with Gasteiger partial charge in [0.15, 0.2) is 11.6 Å². The highest BCUT2D eigenvalue weighted by molar-refractivity contribution is 6.07. The summed E-state index contributed by atoms with van der Waals surface area (Å²) in [6, 6.07) is 0. The van der Waals surface area contributed by atoms with Crippen molar-refractivity contribution < 1.29 is 9.59 Å². The zero-order valence-electron chi connectivity index (χ0n) is 9.90. The molecular formula is C14H18O2. The van der Waals surface area contributed by atoms with Gasteiger partial charge in [-0.15, -0.1) is 0 Å². The quantitative estimate of drug-likeness (QED) is 0.668. The van der Waals surface area contributed by atoms with Crippen LogP contribution in [0.1, 0.15) is 33.1 Å². The molecule has 0 heterocycles. The van der Waals surface area contributed by atoms with Gasteiger partial charge in [-0.25, -0.2) is 0 Å². The SMILES string of the molecule is CCC1=C[C@H](CC)[C@@H]2C(=O)C=CC(=O)[C@@H]2C1. The van der Waals surface area contributed by atoms with Crippen molar-refractivity contribution in [3.8, 4) is 0 Å². The smallest absolute Gasteiger partial charge is 0.160 e. The Balaban J connectivity index is 2.36. The molecular weight excluding hydrogens is 200 g/mol. The number of allylic oxidation sites excluding steroid dienone is 4. The van der Waals surface area contributed by atoms with Crippen molar-refractivity contribution in [2.24, 2.45) is 17.8 Å². The molecule has 2 aliphatic carbocycles. The van der Waals surface area contributed by atoms with E-state index in [1.807, 2.05) is 0 Å². The van der Waals surface area contributed by atoms with Crippen LogP contribution in [0.15, 0.2) is 23.8 Å². The van der Waals surface area contributed by atoms with Crippen molar-refractivity contribution >= 4 is 11.6 Å². The predicted octanol–water partition coefficient (Wildman–Crippen LogP) is 2.69. The van der Waals surface area contributed by atoms with Crippen molar-refractivity contribution in [1.82, 2.24) is 0 Å². The minimum absolute atomic E-state index is 0.0811. The zero-order valence-corrected chi connectivity index (χ0v) is 9.90. The van der Waals surface area contributed by atoms with Gasteiger partial charge >= 0.3 is 0 Å². The van der Waals surface area contributed by atoms with E-state index in [1.54, 1.807) is 0 Å². The van der Waals surface area contributed by atoms with Crippen molar-refractivity contribution in [2.45, 2.75) is 33.1 Å². The molecule has 0 aromatic heterocycles. The monoisotopic (exact) mass is 218 g/mol. The van der Waals surface area contributed by atoms with E-state index in [-0.39, 0.29) is 29.3 Å². The second-order valence-corrected chi connectivity index (χ2v) is 4.73. The van der Waals surface area contributed by atoms with Crippen LogP contribution < -0.4 is 0 Å². The lowest BCUT2D eigenvalue weighted by molar-refractivity contribution is -0.130. The third kappa shape index (κ3) is 1.77. The Bertz CT molecular complexity index is 376. The molecule has 0 unspecified atom stereocenters. The highest BCUT2D eigenvalue weighted by atomic mass is 16.1. The van der Waals surface area contributed by atoms with Gasteiger partial charge in [0, 0.05) is 11.8 Å². The second-order valence-electron chi connectivity index (χ2n) is 4.73. The van der Waals surface area contributed by atoms with Crippen LogP contribution in [0.2, 0.25) is 0 Å². The van der Waals surface area contributed by atoms with Gasteiger partial charge in [0.2, 0.25) is 0 Å². The Hall–Kier alpha value is -1.18. The third-order valence-corrected chi connectivity index (χ3v) is 3.86. The summed E-state index contributed by atoms with van der Waals surface area (Å²) in [6.07, 6.45) is 7.88. The van der Waals surface area contributed by atoms with Crippen molar-refractivity contribution in [3.05, 3.63) is 23.8 Å². The fourth-order valence-electron chi connectivity index (χ4n) is 2.90. The highest BCUT2D eigenvalue weighted by Gasteiger charge is 2.41. The number of ketones is 2. The molecule has 2 rings (SSSR count). The van der Waals surface area contributed by atoms with Crippen molar-refractivity contribution in [2.75, 3.05) is 0 Å². The molecule has 86 valence electrons. The first-order valence-electron chi connectivity index (χ1n) is 6.12. The average Bonchev–Trinajstić information content (AvgIpc) is 2.32. The Labute approximate surface area is 96.4 Å². The lowest BCUT2D eigenvalue weighted by Crippen LogP contribution is -2.39. The van der Waals surface area contributed by atoms with E-state index in [9.17, 15) is 9.59 Å². The molecule has 0 aliphatic heterocycles. The van der Waals surface area contributed by atoms with Crippen molar-refractivity contribution in [3.63, 3.8) is 0 Å². The van der Waals surface area contributed by atoms with E-state index >= 15 is 0 Å². The van der Waals surface area contributed by atoms with E-state index in [1.165, 1.54) is 17.7 Å². The fraction of sp³-hybridized carbons (Fsp3) is 0.571. The molecule has 0 amide bonds. The molecule has 0 saturated heterocycles. The van der Waals surface area contributed by atoms with Crippen LogP contribution in [0.3, 0.4) is 0 Å². The molecule has 2 aliphatic rings. The van der Waals surface area contributed by atoms with Crippen LogP contribution in [-0.4, -0.2) is 11.6 Å². The van der Waals surface area contributed by atoms with Gasteiger partial charge in [0.05, 0.1) is 0 Å². The summed E-state index contributed by atoms with van der Waals surface area (Å²) in [5.74, 6) is 0.375. The maximum Gasteiger partial charge on any atom is 0.160 e. The number of hydrogen-bond acceptors (Lipinski definition) is 2. The highest BCUT2D eigenvalue weighted by Crippen LogP contribution is 2.39. The summed E-state index contributed by atoms with van der Waals surface area (Å²) >= 11 is 0. The molecule has 0 spiro atoms. The Morgan fingerprint density at radius 2 is 1.88 bits per heavy atom. The molecule has 0 saturated carbocycles. The van der Waals surface area contributed by atoms with Gasteiger partial charge in [-0.05, 0) is 37.3 Å². The largest absolute Gasteiger partial charge is 0.295 e. The molecule has 16 heavy (non-hydrogen) atoms. The summed E-state index contributed by atoms with van der Waals surface area (Å²) < 4.78 is 0. The van der Waals surface area contributed by atoms with E-state index in [2.05, 4.69) is 19.9 Å². The van der Waals surface area contributed by atoms with Gasteiger partial charge in [-0.3, -0.25) is 9.59 Å². The summed E-state index contributed by atoms with van der Waals surface area (Å²) in [5.41, 5.74) is 1.34. The number of rotatable bonds is 2. The van der Waals surface area contributed by atoms with Gasteiger partial charge < -0.3 is 0 Å². The summed E-state index contributed by atoms with van der Waals surface area (Å²) in [7, 11) is 0. The molecule has 2 heteroatoms. The average molecular weight is 218 g/mol. The first-order valence-corrected chi connectivity index (χ1v) is 6.12. The number of carbonyl (C=O) groups is 2. The van der Waals surface area contributed by atoms with Crippen LogP contribution in [0.25, 0.3) is 0 Å². The van der Waals surface area contributed by atoms with Gasteiger partial charge in [0.25, 0.3) is 0 Å². The summed E-state index contributed by atoms with van der Waals surface area (Å²) in [6.45, 7) is 4.21. The minimum atomic E-state index is -0.0854. The Morgan fingerprint density at radius 3 is 2.50 bits per heavy atom. The van der Waals surface area contributed by atoms with Gasteiger partial charge in [-0.1, -0.05) is 25.5 Å². The lowest BCUT2D eigenvalue weighted by Gasteiger charge is -2.35. The van der Waals surface area contributed by atoms with Crippen molar-refractivity contribution in [1.29, 1.82) is 0 Å². The molecule has 0 aromatic carbocycles. The van der Waals surface area contributed by atoms with Crippen LogP contribution in [0.4, 0.5) is 0 Å². The summed E-state index contributed by atoms with van der Waals surface area (Å²) in [4.78, 5) is 23.7. The number of carbonyl (C=O) groups excluding carboxylic acids is 2. The maximum atomic E-state index is 11.9. The van der Waals surface area contributed by atoms with Crippen LogP contribution in [0, 0.1) is 17.8 Å². The predicted molar refractivity (Wildman–Crippen MR) is 62.9 cm³/mol. The topological polar surface area (TPSA) is 34.1 Å². The van der Waals surface area contributed by atoms with E-state index < -0.39 is 0 Å². The number of hydrogen-bond donors (Lipinski definition) is 0. The van der Waals surface area contributed by atoms with E-state index in [4.69, 9.17) is 0 Å². The van der Waals surface area contributed by atoms with E-state index in [0.717, 1.165) is 19.3 Å². The molecule has 0 fully saturated rings. The van der Waals surface area contributed by atoms with Gasteiger partial charge in [0.1, 0.15) is 0 Å². The molecule has 0 N–H and O–H groups in total. The van der Waals surface area contributed by atoms with E-state index in [0.29, 0.717) is 0 Å². The first-order chi connectivity index (χ1) is 7.67. The lowest BCUT2D eigenvalue weighted by atomic mass is 9.66. The standard InChI is InChI=1S/C14H18O2/c1-3-9-7-10(4-2)14-11(8-9)12(15)5-6-13(14)16/h5-7,10-11,14H,3-4,8H2,1-2H3/t10-,11-,14-/m0/s1. The van der Waals surface area contributed by atoms with Crippen LogP contribution >= 0.6 is 0 Å². The van der Waals surface area contributed by atoms with Crippen LogP contribution in [0.5, 0.6) is 0 Å². The number of fused-ring (bicyclic) bond motifs is 1. The maximum absolute atomic E-state index is 11.9. The van der Waals surface area contributed by atoms with Gasteiger partial charge in [-0.2, -0.15) is 0 Å². The summed E-state index contributed by atoms with van der Waals surface area (Å²) in [5, 5.41) is 0. The molecule has 0 radical (unpaired) electrons. The van der Waals surface area contributed by atoms with Crippen LogP contribution in [-0.2, 0) is 9.59 Å². The third-order valence-electron chi connectivity index (χ3n) is 3.86. The molecule has 0 aromatic rings. The zero-order chi connectivity index (χ0) is 11.7. The molecule has 0 bridgehead atoms. The molecule has 3 atom stereocenters. The normalized spacial score (nSPS) is 33.6. The Morgan fingerprint density at radius 1 is 1.19 bits per heavy atom. The minimum Gasteiger partial charge on any atom is -0.295 e. The first kappa shape index (κ1) is 11.3. The second kappa shape index (κ2) is 4.36.